The summed E-state index contributed by atoms with van der Waals surface area (Å²) in [4.78, 5) is 14.9. The van der Waals surface area contributed by atoms with E-state index in [4.69, 9.17) is 15.9 Å². The molecule has 25 heavy (non-hydrogen) atoms. The maximum absolute atomic E-state index is 12.1. The molecule has 1 amide bonds. The van der Waals surface area contributed by atoms with Crippen LogP contribution in [0.2, 0.25) is 0 Å². The average Bonchev–Trinajstić information content (AvgIpc) is 2.95. The Labute approximate surface area is 157 Å². The highest BCUT2D eigenvalue weighted by molar-refractivity contribution is 14.0. The number of halogens is 4. The van der Waals surface area contributed by atoms with Gasteiger partial charge in [0.1, 0.15) is 18.1 Å². The van der Waals surface area contributed by atoms with Gasteiger partial charge in [-0.05, 0) is 36.4 Å². The third-order valence-corrected chi connectivity index (χ3v) is 2.67. The van der Waals surface area contributed by atoms with Gasteiger partial charge < -0.3 is 25.9 Å². The first-order chi connectivity index (χ1) is 11.2. The third kappa shape index (κ3) is 6.91. The molecule has 0 atom stereocenters. The Hall–Kier alpha value is -2.44. The predicted octanol–water partition coefficient (Wildman–Crippen LogP) is 2.82. The van der Waals surface area contributed by atoms with Crippen molar-refractivity contribution in [2.24, 2.45) is 16.5 Å². The van der Waals surface area contributed by atoms with Crippen molar-refractivity contribution in [3.8, 4) is 5.75 Å². The van der Waals surface area contributed by atoms with E-state index in [2.05, 4.69) is 15.0 Å². The lowest BCUT2D eigenvalue weighted by Gasteiger charge is -2.10. The highest BCUT2D eigenvalue weighted by Crippen LogP contribution is 2.23. The molecule has 2 aromatic rings. The molecule has 0 saturated carbocycles. The lowest BCUT2D eigenvalue weighted by atomic mass is 10.3. The Morgan fingerprint density at radius 1 is 1.16 bits per heavy atom. The van der Waals surface area contributed by atoms with Gasteiger partial charge in [0, 0.05) is 5.69 Å². The van der Waals surface area contributed by atoms with Crippen LogP contribution in [0.3, 0.4) is 0 Å². The number of guanidine groups is 1. The molecule has 1 aromatic heterocycles. The van der Waals surface area contributed by atoms with Crippen LogP contribution < -0.4 is 21.5 Å². The largest absolute Gasteiger partial charge is 0.573 e. The molecular weight excluding hydrogens is 456 g/mol. The zero-order chi connectivity index (χ0) is 17.7. The first-order valence-electron chi connectivity index (χ1n) is 6.54. The summed E-state index contributed by atoms with van der Waals surface area (Å²) in [5.41, 5.74) is 11.1. The van der Waals surface area contributed by atoms with Gasteiger partial charge in [-0.2, -0.15) is 0 Å². The minimum atomic E-state index is -4.75. The molecule has 0 unspecified atom stereocenters. The Bertz CT molecular complexity index is 745. The summed E-state index contributed by atoms with van der Waals surface area (Å²) in [6.45, 7) is 0.0569. The van der Waals surface area contributed by atoms with Crippen molar-refractivity contribution in [3.63, 3.8) is 0 Å². The number of nitrogens with zero attached hydrogens (tertiary/aromatic N) is 1. The first-order valence-corrected chi connectivity index (χ1v) is 6.54. The lowest BCUT2D eigenvalue weighted by molar-refractivity contribution is -0.274. The number of hydrogen-bond donors (Lipinski definition) is 3. The Kier molecular flexibility index (Phi) is 7.09. The van der Waals surface area contributed by atoms with Crippen LogP contribution in [-0.2, 0) is 6.54 Å². The highest BCUT2D eigenvalue weighted by atomic mass is 127. The van der Waals surface area contributed by atoms with Crippen molar-refractivity contribution in [2.45, 2.75) is 12.9 Å². The van der Waals surface area contributed by atoms with Crippen molar-refractivity contribution in [1.82, 2.24) is 0 Å². The van der Waals surface area contributed by atoms with Crippen molar-refractivity contribution in [1.29, 1.82) is 0 Å². The summed E-state index contributed by atoms with van der Waals surface area (Å²) >= 11 is 0. The summed E-state index contributed by atoms with van der Waals surface area (Å²) in [5, 5.41) is 2.69. The molecule has 0 aliphatic rings. The van der Waals surface area contributed by atoms with Crippen molar-refractivity contribution >= 4 is 41.5 Å². The van der Waals surface area contributed by atoms with E-state index in [1.165, 1.54) is 24.3 Å². The van der Waals surface area contributed by atoms with Gasteiger partial charge in [0.25, 0.3) is 5.91 Å². The molecule has 0 aliphatic heterocycles. The highest BCUT2D eigenvalue weighted by Gasteiger charge is 2.30. The van der Waals surface area contributed by atoms with Gasteiger partial charge >= 0.3 is 6.36 Å². The number of benzene rings is 1. The maximum atomic E-state index is 12.1. The minimum Gasteiger partial charge on any atom is -0.454 e. The average molecular weight is 470 g/mol. The zero-order valence-corrected chi connectivity index (χ0v) is 14.9. The number of carbonyl (C=O) groups excluding carboxylic acids is 1. The summed E-state index contributed by atoms with van der Waals surface area (Å²) in [5.74, 6) is -0.651. The standard InChI is InChI=1S/C14H13F3N4O3.HI/c15-14(16,17)24-9-3-1-8(2-4-9)21-13(19)20-7-10-5-6-11(23-10)12(18)22;/h1-6H,7H2,(H2,18,22)(H3,19,20,21);1H. The number of furan rings is 1. The van der Waals surface area contributed by atoms with E-state index in [0.717, 1.165) is 12.1 Å². The summed E-state index contributed by atoms with van der Waals surface area (Å²) in [6.07, 6.45) is -4.75. The van der Waals surface area contributed by atoms with Gasteiger partial charge in [-0.25, -0.2) is 4.99 Å². The molecular formula is C14H14F3IN4O3. The van der Waals surface area contributed by atoms with E-state index in [1.54, 1.807) is 0 Å². The number of hydrogen-bond acceptors (Lipinski definition) is 4. The van der Waals surface area contributed by atoms with Gasteiger partial charge in [-0.15, -0.1) is 37.1 Å². The quantitative estimate of drug-likeness (QED) is 0.353. The van der Waals surface area contributed by atoms with Gasteiger partial charge in [-0.3, -0.25) is 4.79 Å². The molecule has 0 spiro atoms. The first kappa shape index (κ1) is 20.6. The molecule has 2 rings (SSSR count). The molecule has 0 radical (unpaired) electrons. The van der Waals surface area contributed by atoms with Crippen LogP contribution in [0.1, 0.15) is 16.3 Å². The van der Waals surface area contributed by atoms with Gasteiger partial charge in [-0.1, -0.05) is 0 Å². The van der Waals surface area contributed by atoms with Crippen LogP contribution in [0.4, 0.5) is 18.9 Å². The molecule has 0 saturated heterocycles. The van der Waals surface area contributed by atoms with Crippen LogP contribution in [-0.4, -0.2) is 18.2 Å². The summed E-state index contributed by atoms with van der Waals surface area (Å²) in [6, 6.07) is 7.91. The van der Waals surface area contributed by atoms with Crippen LogP contribution in [0, 0.1) is 0 Å². The molecule has 136 valence electrons. The summed E-state index contributed by atoms with van der Waals surface area (Å²) in [7, 11) is 0. The minimum absolute atomic E-state index is 0. The number of alkyl halides is 3. The molecule has 0 aliphatic carbocycles. The number of primary amides is 1. The second-order valence-corrected chi connectivity index (χ2v) is 4.53. The predicted molar refractivity (Wildman–Crippen MR) is 94.7 cm³/mol. The van der Waals surface area contributed by atoms with E-state index in [1.807, 2.05) is 0 Å². The molecule has 5 N–H and O–H groups in total. The van der Waals surface area contributed by atoms with Crippen LogP contribution in [0.15, 0.2) is 45.8 Å². The number of nitrogens with two attached hydrogens (primary N) is 2. The third-order valence-electron chi connectivity index (χ3n) is 2.67. The zero-order valence-electron chi connectivity index (χ0n) is 12.5. The monoisotopic (exact) mass is 470 g/mol. The van der Waals surface area contributed by atoms with E-state index in [-0.39, 0.29) is 48.0 Å². The second kappa shape index (κ2) is 8.60. The van der Waals surface area contributed by atoms with Crippen LogP contribution in [0.5, 0.6) is 5.75 Å². The van der Waals surface area contributed by atoms with Crippen LogP contribution >= 0.6 is 24.0 Å². The number of nitrogens with one attached hydrogen (secondary N) is 1. The number of amides is 1. The van der Waals surface area contributed by atoms with E-state index >= 15 is 0 Å². The number of carbonyl (C=O) groups is 1. The Morgan fingerprint density at radius 2 is 1.80 bits per heavy atom. The van der Waals surface area contributed by atoms with Crippen molar-refractivity contribution in [3.05, 3.63) is 47.9 Å². The van der Waals surface area contributed by atoms with Crippen molar-refractivity contribution < 1.29 is 27.1 Å². The Balaban J connectivity index is 0.00000312. The second-order valence-electron chi connectivity index (χ2n) is 4.53. The molecule has 7 nitrogen and oxygen atoms in total. The van der Waals surface area contributed by atoms with Gasteiger partial charge in [0.15, 0.2) is 11.7 Å². The van der Waals surface area contributed by atoms with Gasteiger partial charge in [0.2, 0.25) is 0 Å². The van der Waals surface area contributed by atoms with E-state index in [9.17, 15) is 18.0 Å². The summed E-state index contributed by atoms with van der Waals surface area (Å²) < 4.78 is 45.0. The topological polar surface area (TPSA) is 116 Å². The number of ether oxygens (including phenoxy) is 1. The van der Waals surface area contributed by atoms with Gasteiger partial charge in [0.05, 0.1) is 0 Å². The maximum Gasteiger partial charge on any atom is 0.573 e. The SMILES string of the molecule is I.NC(=O)c1ccc(CN=C(N)Nc2ccc(OC(F)(F)F)cc2)o1. The molecule has 0 fully saturated rings. The molecule has 1 aromatic carbocycles. The van der Waals surface area contributed by atoms with E-state index in [0.29, 0.717) is 11.4 Å². The fourth-order valence-electron chi connectivity index (χ4n) is 1.69. The fourth-order valence-corrected chi connectivity index (χ4v) is 1.69. The van der Waals surface area contributed by atoms with E-state index < -0.39 is 12.3 Å². The lowest BCUT2D eigenvalue weighted by Crippen LogP contribution is -2.22. The Morgan fingerprint density at radius 3 is 2.32 bits per heavy atom. The molecule has 1 heterocycles. The normalized spacial score (nSPS) is 11.6. The fraction of sp³-hybridized carbons (Fsp3) is 0.143. The number of aliphatic imine (C=N–C) groups is 1. The van der Waals surface area contributed by atoms with Crippen molar-refractivity contribution in [2.75, 3.05) is 5.32 Å². The van der Waals surface area contributed by atoms with Crippen LogP contribution in [0.25, 0.3) is 0 Å². The number of rotatable bonds is 5. The molecule has 11 heteroatoms. The smallest absolute Gasteiger partial charge is 0.454 e. The molecule has 0 bridgehead atoms. The number of anilines is 1.